The first kappa shape index (κ1) is 16.2. The van der Waals surface area contributed by atoms with Gasteiger partial charge in [-0.3, -0.25) is 4.79 Å². The summed E-state index contributed by atoms with van der Waals surface area (Å²) in [5, 5.41) is 2.71. The average molecular weight is 362 g/mol. The van der Waals surface area contributed by atoms with Crippen molar-refractivity contribution in [2.45, 2.75) is 13.5 Å². The van der Waals surface area contributed by atoms with E-state index >= 15 is 0 Å². The van der Waals surface area contributed by atoms with Gasteiger partial charge in [-0.05, 0) is 36.8 Å². The highest BCUT2D eigenvalue weighted by molar-refractivity contribution is 9.10. The number of aryl methyl sites for hydroxylation is 1. The molecule has 5 heteroatoms. The summed E-state index contributed by atoms with van der Waals surface area (Å²) in [5.74, 6) is -0.831. The summed E-state index contributed by atoms with van der Waals surface area (Å²) >= 11 is 3.37. The molecule has 0 atom stereocenters. The van der Waals surface area contributed by atoms with Crippen molar-refractivity contribution < 1.29 is 14.3 Å². The first-order valence-electron chi connectivity index (χ1n) is 6.79. The number of benzene rings is 2. The van der Waals surface area contributed by atoms with Crippen LogP contribution in [0.4, 0.5) is 0 Å². The van der Waals surface area contributed by atoms with Crippen molar-refractivity contribution in [2.24, 2.45) is 0 Å². The Balaban J connectivity index is 1.79. The van der Waals surface area contributed by atoms with Crippen molar-refractivity contribution in [1.29, 1.82) is 0 Å². The van der Waals surface area contributed by atoms with Gasteiger partial charge in [0.25, 0.3) is 5.91 Å². The molecule has 0 saturated heterocycles. The summed E-state index contributed by atoms with van der Waals surface area (Å²) in [5.41, 5.74) is 2.38. The normalized spacial score (nSPS) is 10.1. The largest absolute Gasteiger partial charge is 0.452 e. The van der Waals surface area contributed by atoms with Crippen LogP contribution in [0.2, 0.25) is 0 Å². The number of hydrogen-bond donors (Lipinski definition) is 1. The molecule has 0 unspecified atom stereocenters. The van der Waals surface area contributed by atoms with Gasteiger partial charge in [0, 0.05) is 11.0 Å². The predicted molar refractivity (Wildman–Crippen MR) is 87.5 cm³/mol. The Hall–Kier alpha value is -2.14. The van der Waals surface area contributed by atoms with Crippen LogP contribution in [0.3, 0.4) is 0 Å². The van der Waals surface area contributed by atoms with Gasteiger partial charge in [0.1, 0.15) is 0 Å². The fraction of sp³-hybridized carbons (Fsp3) is 0.176. The summed E-state index contributed by atoms with van der Waals surface area (Å²) < 4.78 is 5.95. The molecule has 0 aliphatic carbocycles. The van der Waals surface area contributed by atoms with E-state index < -0.39 is 5.97 Å². The molecule has 2 rings (SSSR count). The highest BCUT2D eigenvalue weighted by Gasteiger charge is 2.10. The van der Waals surface area contributed by atoms with Crippen molar-refractivity contribution in [1.82, 2.24) is 5.32 Å². The fourth-order valence-electron chi connectivity index (χ4n) is 1.89. The Bertz CT molecular complexity index is 685. The van der Waals surface area contributed by atoms with Gasteiger partial charge in [-0.1, -0.05) is 45.8 Å². The van der Waals surface area contributed by atoms with Crippen LogP contribution in [-0.2, 0) is 16.1 Å². The maximum atomic E-state index is 11.8. The number of nitrogens with one attached hydrogen (secondary N) is 1. The van der Waals surface area contributed by atoms with Gasteiger partial charge < -0.3 is 10.1 Å². The lowest BCUT2D eigenvalue weighted by Crippen LogP contribution is -2.28. The molecule has 1 amide bonds. The maximum absolute atomic E-state index is 11.8. The van der Waals surface area contributed by atoms with E-state index in [2.05, 4.69) is 21.2 Å². The minimum Gasteiger partial charge on any atom is -0.452 e. The van der Waals surface area contributed by atoms with E-state index in [9.17, 15) is 9.59 Å². The van der Waals surface area contributed by atoms with Crippen LogP contribution in [0.5, 0.6) is 0 Å². The standard InChI is InChI=1S/C17H16BrNO3/c1-12-4-2-6-14(8-12)17(21)22-11-16(20)19-10-13-5-3-7-15(18)9-13/h2-9H,10-11H2,1H3,(H,19,20). The van der Waals surface area contributed by atoms with Crippen molar-refractivity contribution in [3.8, 4) is 0 Å². The minimum absolute atomic E-state index is 0.291. The minimum atomic E-state index is -0.499. The number of rotatable bonds is 5. The third-order valence-corrected chi connectivity index (χ3v) is 3.46. The fourth-order valence-corrected chi connectivity index (χ4v) is 2.33. The van der Waals surface area contributed by atoms with Gasteiger partial charge in [-0.2, -0.15) is 0 Å². The second kappa shape index (κ2) is 7.75. The molecule has 0 aromatic heterocycles. The Kier molecular flexibility index (Phi) is 5.72. The Morgan fingerprint density at radius 3 is 2.64 bits per heavy atom. The molecule has 22 heavy (non-hydrogen) atoms. The number of hydrogen-bond acceptors (Lipinski definition) is 3. The maximum Gasteiger partial charge on any atom is 0.338 e. The molecule has 0 heterocycles. The Labute approximate surface area is 137 Å². The van der Waals surface area contributed by atoms with Crippen molar-refractivity contribution in [3.05, 3.63) is 69.7 Å². The van der Waals surface area contributed by atoms with Gasteiger partial charge in [0.15, 0.2) is 6.61 Å². The third-order valence-electron chi connectivity index (χ3n) is 2.97. The van der Waals surface area contributed by atoms with E-state index in [1.54, 1.807) is 18.2 Å². The Morgan fingerprint density at radius 1 is 1.14 bits per heavy atom. The van der Waals surface area contributed by atoms with Gasteiger partial charge >= 0.3 is 5.97 Å². The van der Waals surface area contributed by atoms with Crippen LogP contribution in [0.25, 0.3) is 0 Å². The lowest BCUT2D eigenvalue weighted by atomic mass is 10.1. The smallest absolute Gasteiger partial charge is 0.338 e. The lowest BCUT2D eigenvalue weighted by Gasteiger charge is -2.07. The SMILES string of the molecule is Cc1cccc(C(=O)OCC(=O)NCc2cccc(Br)c2)c1. The summed E-state index contributed by atoms with van der Waals surface area (Å²) in [7, 11) is 0. The van der Waals surface area contributed by atoms with Crippen LogP contribution >= 0.6 is 15.9 Å². The molecular weight excluding hydrogens is 346 g/mol. The highest BCUT2D eigenvalue weighted by Crippen LogP contribution is 2.11. The molecule has 0 aliphatic rings. The van der Waals surface area contributed by atoms with E-state index in [0.29, 0.717) is 12.1 Å². The van der Waals surface area contributed by atoms with Gasteiger partial charge in [-0.25, -0.2) is 4.79 Å². The first-order valence-corrected chi connectivity index (χ1v) is 7.59. The zero-order valence-corrected chi connectivity index (χ0v) is 13.7. The summed E-state index contributed by atoms with van der Waals surface area (Å²) in [6.45, 7) is 1.99. The number of amides is 1. The molecule has 4 nitrogen and oxygen atoms in total. The van der Waals surface area contributed by atoms with Crippen molar-refractivity contribution in [2.75, 3.05) is 6.61 Å². The van der Waals surface area contributed by atoms with E-state index in [1.165, 1.54) is 0 Å². The van der Waals surface area contributed by atoms with E-state index in [0.717, 1.165) is 15.6 Å². The van der Waals surface area contributed by atoms with Crippen molar-refractivity contribution >= 4 is 27.8 Å². The second-order valence-corrected chi connectivity index (χ2v) is 5.77. The van der Waals surface area contributed by atoms with Crippen LogP contribution in [0.1, 0.15) is 21.5 Å². The molecule has 2 aromatic rings. The first-order chi connectivity index (χ1) is 10.5. The van der Waals surface area contributed by atoms with Crippen LogP contribution in [0.15, 0.2) is 53.0 Å². The highest BCUT2D eigenvalue weighted by atomic mass is 79.9. The second-order valence-electron chi connectivity index (χ2n) is 4.85. The average Bonchev–Trinajstić information content (AvgIpc) is 2.50. The molecule has 1 N–H and O–H groups in total. The summed E-state index contributed by atoms with van der Waals surface area (Å²) in [4.78, 5) is 23.5. The molecular formula is C17H16BrNO3. The molecule has 2 aromatic carbocycles. The monoisotopic (exact) mass is 361 g/mol. The molecule has 0 bridgehead atoms. The number of carbonyl (C=O) groups is 2. The van der Waals surface area contributed by atoms with Crippen LogP contribution in [-0.4, -0.2) is 18.5 Å². The van der Waals surface area contributed by atoms with E-state index in [1.807, 2.05) is 37.3 Å². The summed E-state index contributed by atoms with van der Waals surface area (Å²) in [6, 6.07) is 14.7. The van der Waals surface area contributed by atoms with E-state index in [4.69, 9.17) is 4.74 Å². The molecule has 0 aliphatic heterocycles. The van der Waals surface area contributed by atoms with Gasteiger partial charge in [0.2, 0.25) is 0 Å². The zero-order chi connectivity index (χ0) is 15.9. The van der Waals surface area contributed by atoms with Gasteiger partial charge in [0.05, 0.1) is 5.56 Å². The number of esters is 1. The number of ether oxygens (including phenoxy) is 1. The quantitative estimate of drug-likeness (QED) is 0.831. The van der Waals surface area contributed by atoms with E-state index in [-0.39, 0.29) is 12.5 Å². The predicted octanol–water partition coefficient (Wildman–Crippen LogP) is 3.23. The topological polar surface area (TPSA) is 55.4 Å². The lowest BCUT2D eigenvalue weighted by molar-refractivity contribution is -0.124. The van der Waals surface area contributed by atoms with Crippen molar-refractivity contribution in [3.63, 3.8) is 0 Å². The molecule has 0 spiro atoms. The van der Waals surface area contributed by atoms with Crippen LogP contribution in [0, 0.1) is 6.92 Å². The number of halogens is 1. The number of carbonyl (C=O) groups excluding carboxylic acids is 2. The van der Waals surface area contributed by atoms with Gasteiger partial charge in [-0.15, -0.1) is 0 Å². The van der Waals surface area contributed by atoms with Crippen LogP contribution < -0.4 is 5.32 Å². The molecule has 0 saturated carbocycles. The molecule has 114 valence electrons. The zero-order valence-electron chi connectivity index (χ0n) is 12.1. The molecule has 0 fully saturated rings. The Morgan fingerprint density at radius 2 is 1.91 bits per heavy atom. The molecule has 0 radical (unpaired) electrons. The third kappa shape index (κ3) is 5.00. The summed E-state index contributed by atoms with van der Waals surface area (Å²) in [6.07, 6.45) is 0.